The van der Waals surface area contributed by atoms with Crippen molar-refractivity contribution in [1.82, 2.24) is 0 Å². The van der Waals surface area contributed by atoms with E-state index in [0.717, 1.165) is 31.1 Å². The molecule has 0 amide bonds. The summed E-state index contributed by atoms with van der Waals surface area (Å²) in [6.07, 6.45) is 2.83. The fraction of sp³-hybridized carbons (Fsp3) is 0.647. The van der Waals surface area contributed by atoms with Crippen LogP contribution in [-0.2, 0) is 11.2 Å². The monoisotopic (exact) mass is 279 g/mol. The minimum Gasteiger partial charge on any atom is -0.389 e. The minimum atomic E-state index is -0.458. The van der Waals surface area contributed by atoms with Gasteiger partial charge in [-0.25, -0.2) is 0 Å². The Hall–Kier alpha value is -1.06. The van der Waals surface area contributed by atoms with Crippen molar-refractivity contribution in [1.29, 1.82) is 0 Å². The first-order valence-electron chi connectivity index (χ1n) is 7.70. The summed E-state index contributed by atoms with van der Waals surface area (Å²) in [5.74, 6) is 0.719. The van der Waals surface area contributed by atoms with Gasteiger partial charge in [-0.2, -0.15) is 0 Å². The van der Waals surface area contributed by atoms with Crippen molar-refractivity contribution in [3.63, 3.8) is 0 Å². The van der Waals surface area contributed by atoms with E-state index in [1.54, 1.807) is 0 Å². The van der Waals surface area contributed by atoms with Crippen molar-refractivity contribution in [2.75, 3.05) is 25.1 Å². The van der Waals surface area contributed by atoms with E-state index < -0.39 is 6.10 Å². The van der Waals surface area contributed by atoms with Crippen molar-refractivity contribution in [3.8, 4) is 0 Å². The Labute approximate surface area is 123 Å². The zero-order chi connectivity index (χ0) is 14.8. The van der Waals surface area contributed by atoms with Crippen LogP contribution >= 0.6 is 0 Å². The second-order valence-electron chi connectivity index (χ2n) is 5.70. The highest BCUT2D eigenvalue weighted by Gasteiger charge is 2.04. The molecule has 0 spiro atoms. The van der Waals surface area contributed by atoms with Gasteiger partial charge in [0.2, 0.25) is 0 Å². The normalized spacial score (nSPS) is 12.7. The number of benzene rings is 1. The first kappa shape index (κ1) is 17.0. The molecule has 1 aromatic carbocycles. The van der Waals surface area contributed by atoms with Crippen molar-refractivity contribution >= 4 is 5.69 Å². The van der Waals surface area contributed by atoms with Gasteiger partial charge in [0.05, 0.1) is 12.7 Å². The highest BCUT2D eigenvalue weighted by atomic mass is 16.5. The lowest BCUT2D eigenvalue weighted by molar-refractivity contribution is 0.0409. The average Bonchev–Trinajstić information content (AvgIpc) is 2.45. The quantitative estimate of drug-likeness (QED) is 0.644. The van der Waals surface area contributed by atoms with Gasteiger partial charge in [-0.1, -0.05) is 32.9 Å². The molecule has 3 heteroatoms. The largest absolute Gasteiger partial charge is 0.389 e. The zero-order valence-corrected chi connectivity index (χ0v) is 13.1. The summed E-state index contributed by atoms with van der Waals surface area (Å²) in [5.41, 5.74) is 2.37. The smallest absolute Gasteiger partial charge is 0.0945 e. The van der Waals surface area contributed by atoms with Crippen LogP contribution in [0.2, 0.25) is 0 Å². The van der Waals surface area contributed by atoms with Gasteiger partial charge < -0.3 is 15.2 Å². The number of aliphatic hydroxyl groups excluding tert-OH is 1. The van der Waals surface area contributed by atoms with Crippen LogP contribution in [0, 0.1) is 5.92 Å². The van der Waals surface area contributed by atoms with Crippen LogP contribution in [0.5, 0.6) is 0 Å². The molecule has 0 aliphatic carbocycles. The van der Waals surface area contributed by atoms with Crippen LogP contribution in [0.15, 0.2) is 24.3 Å². The summed E-state index contributed by atoms with van der Waals surface area (Å²) in [5, 5.41) is 13.1. The summed E-state index contributed by atoms with van der Waals surface area (Å²) in [6.45, 7) is 8.22. The lowest BCUT2D eigenvalue weighted by Gasteiger charge is -2.14. The van der Waals surface area contributed by atoms with E-state index in [1.807, 2.05) is 0 Å². The summed E-state index contributed by atoms with van der Waals surface area (Å²) in [7, 11) is 0. The molecule has 0 aromatic heterocycles. The van der Waals surface area contributed by atoms with E-state index in [0.29, 0.717) is 13.2 Å². The predicted octanol–water partition coefficient (Wildman–Crippen LogP) is 3.47. The van der Waals surface area contributed by atoms with E-state index in [4.69, 9.17) is 4.74 Å². The predicted molar refractivity (Wildman–Crippen MR) is 85.2 cm³/mol. The third kappa shape index (κ3) is 7.51. The SMILES string of the molecule is CCc1ccc(NCC(O)COCCCC(C)C)cc1. The van der Waals surface area contributed by atoms with Crippen LogP contribution in [-0.4, -0.2) is 31.0 Å². The molecular weight excluding hydrogens is 250 g/mol. The first-order valence-corrected chi connectivity index (χ1v) is 7.70. The Bertz CT molecular complexity index is 349. The molecule has 0 fully saturated rings. The van der Waals surface area contributed by atoms with Gasteiger partial charge in [0.1, 0.15) is 0 Å². The van der Waals surface area contributed by atoms with E-state index in [2.05, 4.69) is 50.4 Å². The third-order valence-electron chi connectivity index (χ3n) is 3.28. The van der Waals surface area contributed by atoms with Crippen molar-refractivity contribution in [3.05, 3.63) is 29.8 Å². The Kier molecular flexibility index (Phi) is 8.31. The van der Waals surface area contributed by atoms with E-state index in [-0.39, 0.29) is 0 Å². The Balaban J connectivity index is 2.11. The topological polar surface area (TPSA) is 41.5 Å². The molecule has 2 N–H and O–H groups in total. The van der Waals surface area contributed by atoms with Crippen molar-refractivity contribution in [2.45, 2.75) is 46.1 Å². The van der Waals surface area contributed by atoms with E-state index in [1.165, 1.54) is 12.0 Å². The number of hydrogen-bond acceptors (Lipinski definition) is 3. The van der Waals surface area contributed by atoms with Gasteiger partial charge in [0, 0.05) is 18.8 Å². The van der Waals surface area contributed by atoms with Gasteiger partial charge in [0.15, 0.2) is 0 Å². The van der Waals surface area contributed by atoms with Crippen molar-refractivity contribution in [2.24, 2.45) is 5.92 Å². The lowest BCUT2D eigenvalue weighted by atomic mass is 10.1. The number of rotatable bonds is 10. The molecule has 0 saturated carbocycles. The van der Waals surface area contributed by atoms with Crippen molar-refractivity contribution < 1.29 is 9.84 Å². The number of nitrogens with one attached hydrogen (secondary N) is 1. The van der Waals surface area contributed by atoms with E-state index >= 15 is 0 Å². The third-order valence-corrected chi connectivity index (χ3v) is 3.28. The fourth-order valence-electron chi connectivity index (χ4n) is 1.97. The molecule has 114 valence electrons. The average molecular weight is 279 g/mol. The molecule has 0 heterocycles. The number of aryl methyl sites for hydroxylation is 1. The number of aliphatic hydroxyl groups is 1. The van der Waals surface area contributed by atoms with Crippen LogP contribution in [0.25, 0.3) is 0 Å². The highest BCUT2D eigenvalue weighted by molar-refractivity contribution is 5.44. The van der Waals surface area contributed by atoms with Gasteiger partial charge in [-0.15, -0.1) is 0 Å². The zero-order valence-electron chi connectivity index (χ0n) is 13.1. The number of hydrogen-bond donors (Lipinski definition) is 2. The molecule has 1 atom stereocenters. The number of anilines is 1. The van der Waals surface area contributed by atoms with Crippen LogP contribution in [0.3, 0.4) is 0 Å². The molecule has 0 aliphatic rings. The van der Waals surface area contributed by atoms with E-state index in [9.17, 15) is 5.11 Å². The molecule has 1 rings (SSSR count). The summed E-state index contributed by atoms with van der Waals surface area (Å²) in [4.78, 5) is 0. The van der Waals surface area contributed by atoms with Gasteiger partial charge in [-0.3, -0.25) is 0 Å². The first-order chi connectivity index (χ1) is 9.61. The maximum Gasteiger partial charge on any atom is 0.0945 e. The second kappa shape index (κ2) is 9.78. The van der Waals surface area contributed by atoms with Crippen LogP contribution in [0.4, 0.5) is 5.69 Å². The van der Waals surface area contributed by atoms with Gasteiger partial charge in [0.25, 0.3) is 0 Å². The molecule has 0 bridgehead atoms. The second-order valence-corrected chi connectivity index (χ2v) is 5.70. The summed E-state index contributed by atoms with van der Waals surface area (Å²) < 4.78 is 5.48. The fourth-order valence-corrected chi connectivity index (χ4v) is 1.97. The molecule has 1 unspecified atom stereocenters. The Morgan fingerprint density at radius 3 is 2.50 bits per heavy atom. The standard InChI is InChI=1S/C17H29NO2/c1-4-15-7-9-16(10-8-15)18-12-17(19)13-20-11-5-6-14(2)3/h7-10,14,17-19H,4-6,11-13H2,1-3H3. The molecule has 1 aromatic rings. The number of ether oxygens (including phenoxy) is 1. The molecule has 20 heavy (non-hydrogen) atoms. The molecular formula is C17H29NO2. The minimum absolute atomic E-state index is 0.401. The molecule has 3 nitrogen and oxygen atoms in total. The summed E-state index contributed by atoms with van der Waals surface area (Å²) in [6, 6.07) is 8.32. The maximum absolute atomic E-state index is 9.83. The molecule has 0 saturated heterocycles. The maximum atomic E-state index is 9.83. The Morgan fingerprint density at radius 1 is 1.20 bits per heavy atom. The molecule has 0 radical (unpaired) electrons. The van der Waals surface area contributed by atoms with Gasteiger partial charge >= 0.3 is 0 Å². The van der Waals surface area contributed by atoms with Gasteiger partial charge in [-0.05, 0) is 42.9 Å². The molecule has 0 aliphatic heterocycles. The highest BCUT2D eigenvalue weighted by Crippen LogP contribution is 2.10. The van der Waals surface area contributed by atoms with Crippen LogP contribution < -0.4 is 5.32 Å². The summed E-state index contributed by atoms with van der Waals surface area (Å²) >= 11 is 0. The lowest BCUT2D eigenvalue weighted by Crippen LogP contribution is -2.25. The van der Waals surface area contributed by atoms with Crippen LogP contribution in [0.1, 0.15) is 39.2 Å². The Morgan fingerprint density at radius 2 is 1.90 bits per heavy atom.